The first-order valence-corrected chi connectivity index (χ1v) is 7.89. The van der Waals surface area contributed by atoms with E-state index >= 15 is 0 Å². The van der Waals surface area contributed by atoms with Crippen LogP contribution in [0.15, 0.2) is 63.4 Å². The molecule has 7 heteroatoms. The minimum Gasteiger partial charge on any atom is -0.350 e. The van der Waals surface area contributed by atoms with Crippen molar-refractivity contribution in [2.45, 2.75) is 16.7 Å². The average Bonchev–Trinajstić information content (AvgIpc) is 2.48. The van der Waals surface area contributed by atoms with Gasteiger partial charge >= 0.3 is 6.03 Å². The number of nitrogens with one attached hydrogen (secondary N) is 1. The third-order valence-corrected chi connectivity index (χ3v) is 4.76. The minimum atomic E-state index is -3.67. The number of urea groups is 1. The Labute approximate surface area is 128 Å². The van der Waals surface area contributed by atoms with Gasteiger partial charge in [0.15, 0.2) is 0 Å². The molecule has 2 rings (SSSR count). The Balaban J connectivity index is 2.45. The number of benzene rings is 2. The summed E-state index contributed by atoms with van der Waals surface area (Å²) in [7, 11) is -3.67. The highest BCUT2D eigenvalue weighted by Gasteiger charge is 2.20. The van der Waals surface area contributed by atoms with Gasteiger partial charge in [0.1, 0.15) is 0 Å². The van der Waals surface area contributed by atoms with E-state index in [0.29, 0.717) is 5.56 Å². The molecule has 0 heterocycles. The maximum atomic E-state index is 12.7. The molecule has 0 radical (unpaired) electrons. The van der Waals surface area contributed by atoms with Crippen molar-refractivity contribution in [2.24, 2.45) is 10.8 Å². The summed E-state index contributed by atoms with van der Waals surface area (Å²) >= 11 is 0. The summed E-state index contributed by atoms with van der Waals surface area (Å²) in [4.78, 5) is 10.9. The normalized spacial score (nSPS) is 11.5. The number of carbonyl (C=O) groups excluding carboxylic acids is 1. The number of hydrogen-bond donors (Lipinski definition) is 2. The van der Waals surface area contributed by atoms with Gasteiger partial charge in [-0.15, -0.1) is 0 Å². The van der Waals surface area contributed by atoms with Crippen LogP contribution in [0.3, 0.4) is 0 Å². The number of rotatable bonds is 4. The zero-order chi connectivity index (χ0) is 16.2. The molecule has 0 unspecified atom stereocenters. The van der Waals surface area contributed by atoms with E-state index in [4.69, 9.17) is 5.73 Å². The second-order valence-corrected chi connectivity index (χ2v) is 6.51. The van der Waals surface area contributed by atoms with Gasteiger partial charge < -0.3 is 5.73 Å². The molecule has 0 saturated carbocycles. The summed E-state index contributed by atoms with van der Waals surface area (Å²) in [6.07, 6.45) is 1.24. The molecule has 0 aromatic heterocycles. The molecule has 0 spiro atoms. The van der Waals surface area contributed by atoms with Crippen LogP contribution >= 0.6 is 0 Å². The second-order valence-electron chi connectivity index (χ2n) is 4.59. The summed E-state index contributed by atoms with van der Waals surface area (Å²) in [5.74, 6) is 0. The number of nitrogens with zero attached hydrogens (tertiary/aromatic N) is 1. The van der Waals surface area contributed by atoms with Crippen LogP contribution in [0.2, 0.25) is 0 Å². The number of carbonyl (C=O) groups is 1. The van der Waals surface area contributed by atoms with Crippen molar-refractivity contribution >= 4 is 22.1 Å². The lowest BCUT2D eigenvalue weighted by Gasteiger charge is -2.08. The monoisotopic (exact) mass is 317 g/mol. The highest BCUT2D eigenvalue weighted by Crippen LogP contribution is 2.23. The van der Waals surface area contributed by atoms with E-state index in [9.17, 15) is 13.2 Å². The summed E-state index contributed by atoms with van der Waals surface area (Å²) in [6, 6.07) is 12.1. The number of hydrogen-bond acceptors (Lipinski definition) is 4. The van der Waals surface area contributed by atoms with E-state index in [-0.39, 0.29) is 9.79 Å². The van der Waals surface area contributed by atoms with Crippen molar-refractivity contribution in [1.29, 1.82) is 0 Å². The van der Waals surface area contributed by atoms with Gasteiger partial charge in [0.05, 0.1) is 16.0 Å². The molecule has 2 amide bonds. The zero-order valence-corrected chi connectivity index (χ0v) is 12.7. The average molecular weight is 317 g/mol. The number of nitrogens with two attached hydrogens (primary N) is 1. The summed E-state index contributed by atoms with van der Waals surface area (Å²) < 4.78 is 25.4. The highest BCUT2D eigenvalue weighted by atomic mass is 32.2. The van der Waals surface area contributed by atoms with Crippen LogP contribution in [0.4, 0.5) is 4.79 Å². The lowest BCUT2D eigenvalue weighted by molar-refractivity contribution is 0.249. The van der Waals surface area contributed by atoms with Crippen molar-refractivity contribution in [1.82, 2.24) is 5.43 Å². The van der Waals surface area contributed by atoms with Crippen LogP contribution in [0.1, 0.15) is 11.1 Å². The van der Waals surface area contributed by atoms with Crippen molar-refractivity contribution in [2.75, 3.05) is 0 Å². The predicted octanol–water partition coefficient (Wildman–Crippen LogP) is 1.83. The van der Waals surface area contributed by atoms with Crippen molar-refractivity contribution < 1.29 is 13.2 Å². The van der Waals surface area contributed by atoms with E-state index in [1.807, 2.05) is 12.3 Å². The number of primary amides is 1. The fraction of sp³-hybridized carbons (Fsp3) is 0.0667. The molecule has 0 bridgehead atoms. The van der Waals surface area contributed by atoms with Gasteiger partial charge in [0, 0.05) is 5.56 Å². The Bertz CT molecular complexity index is 812. The van der Waals surface area contributed by atoms with E-state index in [2.05, 4.69) is 5.10 Å². The molecule has 0 aliphatic carbocycles. The second kappa shape index (κ2) is 6.40. The van der Waals surface area contributed by atoms with Crippen molar-refractivity contribution in [3.05, 3.63) is 59.7 Å². The van der Waals surface area contributed by atoms with Gasteiger partial charge in [-0.1, -0.05) is 35.9 Å². The predicted molar refractivity (Wildman–Crippen MR) is 83.4 cm³/mol. The van der Waals surface area contributed by atoms with Gasteiger partial charge in [0.25, 0.3) is 0 Å². The SMILES string of the molecule is Cc1ccc(S(=O)(=O)c2ccccc2C=NNC(N)=O)cc1. The van der Waals surface area contributed by atoms with Crippen LogP contribution in [-0.4, -0.2) is 20.7 Å². The number of aryl methyl sites for hydroxylation is 1. The molecule has 0 fully saturated rings. The maximum absolute atomic E-state index is 12.7. The molecule has 22 heavy (non-hydrogen) atoms. The Morgan fingerprint density at radius 3 is 2.41 bits per heavy atom. The number of amides is 2. The Morgan fingerprint density at radius 1 is 1.14 bits per heavy atom. The van der Waals surface area contributed by atoms with Gasteiger partial charge in [0.2, 0.25) is 9.84 Å². The van der Waals surface area contributed by atoms with E-state index in [1.54, 1.807) is 42.5 Å². The topological polar surface area (TPSA) is 102 Å². The molecule has 0 atom stereocenters. The molecule has 3 N–H and O–H groups in total. The minimum absolute atomic E-state index is 0.105. The molecular formula is C15H15N3O3S. The lowest BCUT2D eigenvalue weighted by atomic mass is 10.2. The van der Waals surface area contributed by atoms with E-state index < -0.39 is 15.9 Å². The van der Waals surface area contributed by atoms with Gasteiger partial charge in [-0.2, -0.15) is 5.10 Å². The molecule has 2 aromatic carbocycles. The third-order valence-electron chi connectivity index (χ3n) is 2.92. The molecule has 6 nitrogen and oxygen atoms in total. The number of hydrazone groups is 1. The quantitative estimate of drug-likeness (QED) is 0.664. The van der Waals surface area contributed by atoms with Crippen LogP contribution < -0.4 is 11.2 Å². The maximum Gasteiger partial charge on any atom is 0.332 e. The number of sulfone groups is 1. The van der Waals surface area contributed by atoms with E-state index in [1.165, 1.54) is 12.3 Å². The largest absolute Gasteiger partial charge is 0.350 e. The van der Waals surface area contributed by atoms with Crippen LogP contribution in [0.25, 0.3) is 0 Å². The van der Waals surface area contributed by atoms with Gasteiger partial charge in [-0.25, -0.2) is 18.6 Å². The fourth-order valence-corrected chi connectivity index (χ4v) is 3.28. The Hall–Kier alpha value is -2.67. The Kier molecular flexibility index (Phi) is 4.57. The molecule has 0 aliphatic rings. The smallest absolute Gasteiger partial charge is 0.332 e. The summed E-state index contributed by atoms with van der Waals surface area (Å²) in [5, 5.41) is 3.61. The van der Waals surface area contributed by atoms with Crippen LogP contribution in [0, 0.1) is 6.92 Å². The van der Waals surface area contributed by atoms with Crippen molar-refractivity contribution in [3.63, 3.8) is 0 Å². The first kappa shape index (κ1) is 15.7. The highest BCUT2D eigenvalue weighted by molar-refractivity contribution is 7.91. The van der Waals surface area contributed by atoms with Crippen LogP contribution in [-0.2, 0) is 9.84 Å². The van der Waals surface area contributed by atoms with Gasteiger partial charge in [-0.05, 0) is 25.1 Å². The first-order valence-electron chi connectivity index (χ1n) is 6.40. The Morgan fingerprint density at radius 2 is 1.77 bits per heavy atom. The zero-order valence-electron chi connectivity index (χ0n) is 11.9. The summed E-state index contributed by atoms with van der Waals surface area (Å²) in [5.41, 5.74) is 8.27. The molecular weight excluding hydrogens is 302 g/mol. The standard InChI is InChI=1S/C15H15N3O3S/c1-11-6-8-13(9-7-11)22(20,21)14-5-3-2-4-12(14)10-17-18-15(16)19/h2-10H,1H3,(H3,16,18,19). The first-order chi connectivity index (χ1) is 10.4. The molecule has 0 aliphatic heterocycles. The van der Waals surface area contributed by atoms with Crippen LogP contribution in [0.5, 0.6) is 0 Å². The summed E-state index contributed by atoms with van der Waals surface area (Å²) in [6.45, 7) is 1.88. The third kappa shape index (κ3) is 3.50. The van der Waals surface area contributed by atoms with Gasteiger partial charge in [-0.3, -0.25) is 0 Å². The van der Waals surface area contributed by atoms with E-state index in [0.717, 1.165) is 5.56 Å². The lowest BCUT2D eigenvalue weighted by Crippen LogP contribution is -2.24. The molecule has 0 saturated heterocycles. The molecule has 2 aromatic rings. The molecule has 114 valence electrons. The fourth-order valence-electron chi connectivity index (χ4n) is 1.84. The van der Waals surface area contributed by atoms with Crippen molar-refractivity contribution in [3.8, 4) is 0 Å².